The molecule has 0 saturated carbocycles. The van der Waals surface area contributed by atoms with Gasteiger partial charge in [-0.15, -0.1) is 38.0 Å². The van der Waals surface area contributed by atoms with Crippen LogP contribution in [0.5, 0.6) is 5.75 Å². The van der Waals surface area contributed by atoms with E-state index in [9.17, 15) is 13.2 Å². The van der Waals surface area contributed by atoms with E-state index in [-0.39, 0.29) is 36.6 Å². The Hall–Kier alpha value is -0.690. The van der Waals surface area contributed by atoms with Crippen LogP contribution in [0, 0.1) is 0 Å². The Labute approximate surface area is 160 Å². The van der Waals surface area contributed by atoms with Gasteiger partial charge >= 0.3 is 6.36 Å². The second-order valence-corrected chi connectivity index (χ2v) is 5.92. The summed E-state index contributed by atoms with van der Waals surface area (Å²) in [5.41, 5.74) is 0.907. The minimum absolute atomic E-state index is 0. The van der Waals surface area contributed by atoms with Crippen LogP contribution in [0.1, 0.15) is 44.2 Å². The molecule has 1 aliphatic rings. The third kappa shape index (κ3) is 8.49. The van der Waals surface area contributed by atoms with Crippen LogP contribution in [-0.4, -0.2) is 37.4 Å². The van der Waals surface area contributed by atoms with Gasteiger partial charge in [-0.1, -0.05) is 38.3 Å². The van der Waals surface area contributed by atoms with E-state index in [1.807, 2.05) is 6.07 Å². The molecule has 1 heterocycles. The summed E-state index contributed by atoms with van der Waals surface area (Å²) in [4.78, 5) is 2.36. The number of hydrogen-bond acceptors (Lipinski definition) is 3. The highest BCUT2D eigenvalue weighted by atomic mass is 35.5. The maximum atomic E-state index is 12.4. The third-order valence-electron chi connectivity index (χ3n) is 4.15. The van der Waals surface area contributed by atoms with E-state index in [1.165, 1.54) is 12.1 Å². The molecule has 3 nitrogen and oxygen atoms in total. The molecular weight excluding hydrogens is 376 g/mol. The zero-order chi connectivity index (χ0) is 16.7. The summed E-state index contributed by atoms with van der Waals surface area (Å²) < 4.78 is 41.4. The Morgan fingerprint density at radius 2 is 1.84 bits per heavy atom. The SMILES string of the molecule is CCCCC[C@H](c1cccc(OC(F)(F)F)c1)N1CCNCC1.Cl.Cl. The summed E-state index contributed by atoms with van der Waals surface area (Å²) in [6.45, 7) is 5.83. The Morgan fingerprint density at radius 3 is 2.44 bits per heavy atom. The van der Waals surface area contributed by atoms with E-state index in [4.69, 9.17) is 0 Å². The van der Waals surface area contributed by atoms with Crippen molar-refractivity contribution < 1.29 is 17.9 Å². The summed E-state index contributed by atoms with van der Waals surface area (Å²) in [5, 5.41) is 3.32. The van der Waals surface area contributed by atoms with Crippen molar-refractivity contribution in [2.75, 3.05) is 26.2 Å². The lowest BCUT2D eigenvalue weighted by atomic mass is 9.98. The molecule has 1 fully saturated rings. The van der Waals surface area contributed by atoms with E-state index >= 15 is 0 Å². The highest BCUT2D eigenvalue weighted by Crippen LogP contribution is 2.31. The van der Waals surface area contributed by atoms with Crippen molar-refractivity contribution in [1.29, 1.82) is 0 Å². The van der Waals surface area contributed by atoms with Crippen molar-refractivity contribution >= 4 is 24.8 Å². The van der Waals surface area contributed by atoms with Gasteiger partial charge in [0, 0.05) is 32.2 Å². The predicted octanol–water partition coefficient (Wildman–Crippen LogP) is 4.96. The molecule has 146 valence electrons. The number of alkyl halides is 3. The summed E-state index contributed by atoms with van der Waals surface area (Å²) >= 11 is 0. The average molecular weight is 403 g/mol. The molecule has 8 heteroatoms. The van der Waals surface area contributed by atoms with Crippen LogP contribution in [0.25, 0.3) is 0 Å². The van der Waals surface area contributed by atoms with E-state index in [0.29, 0.717) is 0 Å². The normalized spacial score (nSPS) is 16.5. The van der Waals surface area contributed by atoms with Crippen molar-refractivity contribution in [3.05, 3.63) is 29.8 Å². The maximum absolute atomic E-state index is 12.4. The molecule has 1 aromatic rings. The molecule has 0 aromatic heterocycles. The lowest BCUT2D eigenvalue weighted by Crippen LogP contribution is -2.45. The Kier molecular flexibility index (Phi) is 11.5. The molecule has 0 amide bonds. The minimum Gasteiger partial charge on any atom is -0.406 e. The first-order chi connectivity index (χ1) is 11.0. The Balaban J connectivity index is 0.00000288. The van der Waals surface area contributed by atoms with Crippen molar-refractivity contribution in [3.8, 4) is 5.75 Å². The number of hydrogen-bond donors (Lipinski definition) is 1. The van der Waals surface area contributed by atoms with Gasteiger partial charge < -0.3 is 10.1 Å². The fourth-order valence-electron chi connectivity index (χ4n) is 3.06. The molecule has 1 atom stereocenters. The number of halogens is 5. The molecule has 1 aromatic carbocycles. The number of nitrogens with zero attached hydrogens (tertiary/aromatic N) is 1. The van der Waals surface area contributed by atoms with Crippen LogP contribution in [0.2, 0.25) is 0 Å². The average Bonchev–Trinajstić information content (AvgIpc) is 2.51. The molecule has 1 aliphatic heterocycles. The standard InChI is InChI=1S/C17H25F3N2O.2ClH/c1-2-3-4-8-16(22-11-9-21-10-12-22)14-6-5-7-15(13-14)23-17(18,19)20;;/h5-7,13,16,21H,2-4,8-12H2,1H3;2*1H/t16-;;/m1../s1. The number of rotatable bonds is 7. The number of ether oxygens (including phenoxy) is 1. The van der Waals surface area contributed by atoms with Crippen molar-refractivity contribution in [2.45, 2.75) is 45.0 Å². The Morgan fingerprint density at radius 1 is 1.16 bits per heavy atom. The summed E-state index contributed by atoms with van der Waals surface area (Å²) in [7, 11) is 0. The zero-order valence-corrected chi connectivity index (χ0v) is 16.0. The van der Waals surface area contributed by atoms with Crippen LogP contribution in [-0.2, 0) is 0 Å². The van der Waals surface area contributed by atoms with Gasteiger partial charge in [0.05, 0.1) is 0 Å². The third-order valence-corrected chi connectivity index (χ3v) is 4.15. The summed E-state index contributed by atoms with van der Waals surface area (Å²) in [6.07, 6.45) is -0.336. The lowest BCUT2D eigenvalue weighted by molar-refractivity contribution is -0.274. The Bertz CT molecular complexity index is 483. The number of unbranched alkanes of at least 4 members (excludes halogenated alkanes) is 2. The van der Waals surface area contributed by atoms with Crippen LogP contribution < -0.4 is 10.1 Å². The molecule has 0 spiro atoms. The molecule has 0 radical (unpaired) electrons. The molecule has 0 unspecified atom stereocenters. The van der Waals surface area contributed by atoms with Gasteiger partial charge in [-0.3, -0.25) is 4.90 Å². The van der Waals surface area contributed by atoms with Crippen molar-refractivity contribution in [1.82, 2.24) is 10.2 Å². The van der Waals surface area contributed by atoms with Crippen molar-refractivity contribution in [2.24, 2.45) is 0 Å². The van der Waals surface area contributed by atoms with Crippen LogP contribution in [0.3, 0.4) is 0 Å². The van der Waals surface area contributed by atoms with Gasteiger partial charge in [0.1, 0.15) is 5.75 Å². The largest absolute Gasteiger partial charge is 0.573 e. The minimum atomic E-state index is -4.65. The topological polar surface area (TPSA) is 24.5 Å². The molecule has 1 N–H and O–H groups in total. The molecule has 2 rings (SSSR count). The zero-order valence-electron chi connectivity index (χ0n) is 14.3. The van der Waals surface area contributed by atoms with Gasteiger partial charge in [0.15, 0.2) is 0 Å². The van der Waals surface area contributed by atoms with Gasteiger partial charge in [0.2, 0.25) is 0 Å². The highest BCUT2D eigenvalue weighted by molar-refractivity contribution is 5.85. The van der Waals surface area contributed by atoms with Crippen LogP contribution in [0.4, 0.5) is 13.2 Å². The molecule has 25 heavy (non-hydrogen) atoms. The van der Waals surface area contributed by atoms with Crippen molar-refractivity contribution in [3.63, 3.8) is 0 Å². The summed E-state index contributed by atoms with van der Waals surface area (Å²) in [5.74, 6) is -0.134. The first-order valence-electron chi connectivity index (χ1n) is 8.30. The number of benzene rings is 1. The fourth-order valence-corrected chi connectivity index (χ4v) is 3.06. The van der Waals surface area contributed by atoms with Gasteiger partial charge in [-0.2, -0.15) is 0 Å². The van der Waals surface area contributed by atoms with Crippen LogP contribution >= 0.6 is 24.8 Å². The summed E-state index contributed by atoms with van der Waals surface area (Å²) in [6, 6.07) is 6.59. The van der Waals surface area contributed by atoms with Gasteiger partial charge in [0.25, 0.3) is 0 Å². The number of piperazine rings is 1. The van der Waals surface area contributed by atoms with Crippen LogP contribution in [0.15, 0.2) is 24.3 Å². The number of nitrogens with one attached hydrogen (secondary N) is 1. The fraction of sp³-hybridized carbons (Fsp3) is 0.647. The second kappa shape index (κ2) is 11.8. The molecular formula is C17H27Cl2F3N2O. The first-order valence-corrected chi connectivity index (χ1v) is 8.30. The molecule has 0 aliphatic carbocycles. The van der Waals surface area contributed by atoms with E-state index in [0.717, 1.165) is 57.4 Å². The van der Waals surface area contributed by atoms with E-state index < -0.39 is 6.36 Å². The van der Waals surface area contributed by atoms with Gasteiger partial charge in [-0.25, -0.2) is 0 Å². The molecule has 1 saturated heterocycles. The van der Waals surface area contributed by atoms with E-state index in [1.54, 1.807) is 6.07 Å². The first kappa shape index (κ1) is 24.3. The lowest BCUT2D eigenvalue weighted by Gasteiger charge is -2.35. The molecule has 0 bridgehead atoms. The predicted molar refractivity (Wildman–Crippen MR) is 98.9 cm³/mol. The van der Waals surface area contributed by atoms with E-state index in [2.05, 4.69) is 21.9 Å². The second-order valence-electron chi connectivity index (χ2n) is 5.92. The maximum Gasteiger partial charge on any atom is 0.573 e. The monoisotopic (exact) mass is 402 g/mol. The van der Waals surface area contributed by atoms with Gasteiger partial charge in [-0.05, 0) is 24.1 Å². The highest BCUT2D eigenvalue weighted by Gasteiger charge is 2.31. The quantitative estimate of drug-likeness (QED) is 0.652. The smallest absolute Gasteiger partial charge is 0.406 e.